The number of hydrogen-bond acceptors (Lipinski definition) is 5. The number of carboxylic acids is 1. The highest BCUT2D eigenvalue weighted by Crippen LogP contribution is 2.35. The number of rotatable bonds is 5. The predicted octanol–water partition coefficient (Wildman–Crippen LogP) is 0.402. The summed E-state index contributed by atoms with van der Waals surface area (Å²) in [6, 6.07) is 5.24. The van der Waals surface area contributed by atoms with E-state index in [0.717, 1.165) is 0 Å². The van der Waals surface area contributed by atoms with Gasteiger partial charge in [-0.05, 0) is 12.1 Å². The Balaban J connectivity index is 1.64. The van der Waals surface area contributed by atoms with Crippen molar-refractivity contribution in [3.8, 4) is 11.5 Å². The number of carbonyl (C=O) groups is 3. The topological polar surface area (TPSA) is 105 Å². The largest absolute Gasteiger partial charge is 0.486 e. The number of carbonyl (C=O) groups excluding carboxylic acids is 2. The van der Waals surface area contributed by atoms with Crippen molar-refractivity contribution < 1.29 is 29.0 Å². The second-order valence-electron chi connectivity index (χ2n) is 5.67. The molecule has 0 spiro atoms. The summed E-state index contributed by atoms with van der Waals surface area (Å²) in [6.45, 7) is 1.27. The first-order chi connectivity index (χ1) is 11.5. The van der Waals surface area contributed by atoms with Gasteiger partial charge in [0.2, 0.25) is 11.8 Å². The van der Waals surface area contributed by atoms with Crippen molar-refractivity contribution in [2.75, 3.05) is 31.2 Å². The number of benzene rings is 1. The Bertz CT molecular complexity index is 675. The molecule has 1 unspecified atom stereocenters. The Hall–Kier alpha value is -2.77. The van der Waals surface area contributed by atoms with Crippen molar-refractivity contribution in [2.45, 2.75) is 12.8 Å². The fourth-order valence-electron chi connectivity index (χ4n) is 2.77. The maximum absolute atomic E-state index is 12.2. The van der Waals surface area contributed by atoms with Gasteiger partial charge in [0, 0.05) is 31.3 Å². The minimum absolute atomic E-state index is 0.0584. The molecule has 8 heteroatoms. The highest BCUT2D eigenvalue weighted by atomic mass is 16.6. The van der Waals surface area contributed by atoms with E-state index in [2.05, 4.69) is 5.32 Å². The Morgan fingerprint density at radius 2 is 2.00 bits per heavy atom. The van der Waals surface area contributed by atoms with Gasteiger partial charge in [-0.1, -0.05) is 0 Å². The summed E-state index contributed by atoms with van der Waals surface area (Å²) >= 11 is 0. The number of amides is 2. The van der Waals surface area contributed by atoms with Crippen LogP contribution in [-0.2, 0) is 14.4 Å². The number of fused-ring (bicyclic) bond motifs is 1. The number of aliphatic carboxylic acids is 1. The van der Waals surface area contributed by atoms with Gasteiger partial charge >= 0.3 is 5.97 Å². The Kier molecular flexibility index (Phi) is 4.54. The fourth-order valence-corrected chi connectivity index (χ4v) is 2.77. The lowest BCUT2D eigenvalue weighted by molar-refractivity contribution is -0.137. The molecule has 0 aliphatic carbocycles. The van der Waals surface area contributed by atoms with Crippen LogP contribution in [0.2, 0.25) is 0 Å². The molecule has 1 aromatic carbocycles. The van der Waals surface area contributed by atoms with E-state index in [-0.39, 0.29) is 37.7 Å². The summed E-state index contributed by atoms with van der Waals surface area (Å²) in [5, 5.41) is 11.1. The van der Waals surface area contributed by atoms with E-state index >= 15 is 0 Å². The van der Waals surface area contributed by atoms with Crippen molar-refractivity contribution >= 4 is 23.5 Å². The summed E-state index contributed by atoms with van der Waals surface area (Å²) in [7, 11) is 0. The third-order valence-corrected chi connectivity index (χ3v) is 3.97. The first-order valence-electron chi connectivity index (χ1n) is 7.74. The molecule has 24 heavy (non-hydrogen) atoms. The maximum Gasteiger partial charge on any atom is 0.305 e. The molecule has 2 heterocycles. The predicted molar refractivity (Wildman–Crippen MR) is 83.2 cm³/mol. The number of ether oxygens (including phenoxy) is 2. The van der Waals surface area contributed by atoms with Gasteiger partial charge in [0.1, 0.15) is 13.2 Å². The fraction of sp³-hybridized carbons (Fsp3) is 0.438. The van der Waals surface area contributed by atoms with E-state index in [0.29, 0.717) is 30.4 Å². The van der Waals surface area contributed by atoms with Crippen LogP contribution < -0.4 is 19.7 Å². The summed E-state index contributed by atoms with van der Waals surface area (Å²) in [6.07, 6.45) is -0.0361. The molecular formula is C16H18N2O6. The Morgan fingerprint density at radius 3 is 2.75 bits per heavy atom. The van der Waals surface area contributed by atoms with Gasteiger partial charge in [0.05, 0.1) is 12.3 Å². The minimum Gasteiger partial charge on any atom is -0.486 e. The maximum atomic E-state index is 12.2. The quantitative estimate of drug-likeness (QED) is 0.808. The average molecular weight is 334 g/mol. The second kappa shape index (κ2) is 6.77. The molecule has 128 valence electrons. The monoisotopic (exact) mass is 334 g/mol. The Labute approximate surface area is 138 Å². The number of anilines is 1. The van der Waals surface area contributed by atoms with Crippen LogP contribution in [0.25, 0.3) is 0 Å². The van der Waals surface area contributed by atoms with Crippen molar-refractivity contribution in [1.29, 1.82) is 0 Å². The van der Waals surface area contributed by atoms with Gasteiger partial charge < -0.3 is 24.8 Å². The van der Waals surface area contributed by atoms with Gasteiger partial charge in [-0.25, -0.2) is 0 Å². The molecule has 2 N–H and O–H groups in total. The van der Waals surface area contributed by atoms with E-state index < -0.39 is 11.9 Å². The highest BCUT2D eigenvalue weighted by molar-refractivity contribution is 6.00. The van der Waals surface area contributed by atoms with Crippen LogP contribution in [0.15, 0.2) is 18.2 Å². The number of nitrogens with zero attached hydrogens (tertiary/aromatic N) is 1. The Morgan fingerprint density at radius 1 is 1.25 bits per heavy atom. The van der Waals surface area contributed by atoms with E-state index in [4.69, 9.17) is 14.6 Å². The lowest BCUT2D eigenvalue weighted by Gasteiger charge is -2.22. The first kappa shape index (κ1) is 16.1. The zero-order valence-electron chi connectivity index (χ0n) is 13.0. The molecule has 1 aromatic rings. The molecule has 8 nitrogen and oxygen atoms in total. The molecule has 2 aliphatic rings. The molecule has 3 rings (SSSR count). The summed E-state index contributed by atoms with van der Waals surface area (Å²) < 4.78 is 11.0. The average Bonchev–Trinajstić information content (AvgIpc) is 2.96. The van der Waals surface area contributed by atoms with Gasteiger partial charge in [0.15, 0.2) is 11.5 Å². The van der Waals surface area contributed by atoms with Gasteiger partial charge in [-0.2, -0.15) is 0 Å². The van der Waals surface area contributed by atoms with Gasteiger partial charge in [0.25, 0.3) is 0 Å². The summed E-state index contributed by atoms with van der Waals surface area (Å²) in [5.74, 6) is -0.689. The van der Waals surface area contributed by atoms with Crippen LogP contribution in [0.4, 0.5) is 5.69 Å². The van der Waals surface area contributed by atoms with E-state index in [9.17, 15) is 14.4 Å². The standard InChI is InChI=1S/C16H18N2O6/c19-14-7-10(16(22)17-4-3-15(20)21)9-18(14)11-1-2-12-13(8-11)24-6-5-23-12/h1-2,8,10H,3-7,9H2,(H,17,22)(H,20,21). The minimum atomic E-state index is -0.976. The first-order valence-corrected chi connectivity index (χ1v) is 7.74. The lowest BCUT2D eigenvalue weighted by Crippen LogP contribution is -2.34. The third kappa shape index (κ3) is 3.42. The molecule has 2 amide bonds. The number of nitrogens with one attached hydrogen (secondary N) is 1. The van der Waals surface area contributed by atoms with E-state index in [1.54, 1.807) is 23.1 Å². The normalized spacial score (nSPS) is 19.2. The van der Waals surface area contributed by atoms with Crippen molar-refractivity contribution in [3.05, 3.63) is 18.2 Å². The smallest absolute Gasteiger partial charge is 0.305 e. The third-order valence-electron chi connectivity index (χ3n) is 3.97. The van der Waals surface area contributed by atoms with Crippen LogP contribution in [0.5, 0.6) is 11.5 Å². The van der Waals surface area contributed by atoms with Gasteiger partial charge in [-0.15, -0.1) is 0 Å². The molecule has 0 radical (unpaired) electrons. The van der Waals surface area contributed by atoms with Crippen LogP contribution in [-0.4, -0.2) is 49.2 Å². The van der Waals surface area contributed by atoms with Gasteiger partial charge in [-0.3, -0.25) is 14.4 Å². The van der Waals surface area contributed by atoms with Crippen LogP contribution in [0, 0.1) is 5.92 Å². The van der Waals surface area contributed by atoms with Crippen molar-refractivity contribution in [2.24, 2.45) is 5.92 Å². The molecule has 1 atom stereocenters. The van der Waals surface area contributed by atoms with E-state index in [1.807, 2.05) is 0 Å². The molecule has 0 aromatic heterocycles. The summed E-state index contributed by atoms with van der Waals surface area (Å²) in [4.78, 5) is 36.3. The van der Waals surface area contributed by atoms with Crippen molar-refractivity contribution in [1.82, 2.24) is 5.32 Å². The zero-order chi connectivity index (χ0) is 17.1. The second-order valence-corrected chi connectivity index (χ2v) is 5.67. The van der Waals surface area contributed by atoms with Crippen molar-refractivity contribution in [3.63, 3.8) is 0 Å². The van der Waals surface area contributed by atoms with E-state index in [1.165, 1.54) is 0 Å². The highest BCUT2D eigenvalue weighted by Gasteiger charge is 2.35. The number of carboxylic acid groups (broad SMARTS) is 1. The zero-order valence-corrected chi connectivity index (χ0v) is 13.0. The summed E-state index contributed by atoms with van der Waals surface area (Å²) in [5.41, 5.74) is 0.657. The molecular weight excluding hydrogens is 316 g/mol. The van der Waals surface area contributed by atoms with Crippen LogP contribution in [0.1, 0.15) is 12.8 Å². The van der Waals surface area contributed by atoms with Crippen LogP contribution in [0.3, 0.4) is 0 Å². The molecule has 2 aliphatic heterocycles. The number of hydrogen-bond donors (Lipinski definition) is 2. The molecule has 1 fully saturated rings. The molecule has 0 bridgehead atoms. The van der Waals surface area contributed by atoms with Crippen LogP contribution >= 0.6 is 0 Å². The SMILES string of the molecule is O=C(O)CCNC(=O)C1CC(=O)N(c2ccc3c(c2)OCCO3)C1. The molecule has 0 saturated carbocycles. The molecule has 1 saturated heterocycles. The lowest BCUT2D eigenvalue weighted by atomic mass is 10.1.